The Labute approximate surface area is 146 Å². The van der Waals surface area contributed by atoms with Gasteiger partial charge in [0, 0.05) is 16.7 Å². The third kappa shape index (κ3) is 3.39. The van der Waals surface area contributed by atoms with Gasteiger partial charge in [0.25, 0.3) is 0 Å². The minimum atomic E-state index is -3.62. The zero-order valence-electron chi connectivity index (χ0n) is 13.9. The van der Waals surface area contributed by atoms with Crippen LogP contribution in [0.5, 0.6) is 0 Å². The van der Waals surface area contributed by atoms with Crippen LogP contribution in [-0.4, -0.2) is 19.9 Å². The summed E-state index contributed by atoms with van der Waals surface area (Å²) in [6.45, 7) is 3.57. The minimum absolute atomic E-state index is 0.224. The Balaban J connectivity index is 2.04. The summed E-state index contributed by atoms with van der Waals surface area (Å²) < 4.78 is 31.0. The number of rotatable bonds is 5. The fourth-order valence-corrected chi connectivity index (χ4v) is 4.14. The maximum Gasteiger partial charge on any atom is 0.186 e. The summed E-state index contributed by atoms with van der Waals surface area (Å²) >= 11 is 0. The van der Waals surface area contributed by atoms with E-state index in [2.05, 4.69) is 5.16 Å². The molecule has 0 spiro atoms. The van der Waals surface area contributed by atoms with Crippen LogP contribution in [0.3, 0.4) is 0 Å². The number of carbonyl (C=O) groups excluding carboxylic acids is 1. The molecule has 0 atom stereocenters. The van der Waals surface area contributed by atoms with Gasteiger partial charge in [-0.3, -0.25) is 4.79 Å². The van der Waals surface area contributed by atoms with E-state index in [9.17, 15) is 13.2 Å². The van der Waals surface area contributed by atoms with Crippen LogP contribution in [0.1, 0.15) is 27.4 Å². The molecule has 6 heteroatoms. The van der Waals surface area contributed by atoms with Crippen LogP contribution in [0.25, 0.3) is 11.1 Å². The molecule has 2 aromatic carbocycles. The van der Waals surface area contributed by atoms with Crippen molar-refractivity contribution in [3.63, 3.8) is 0 Å². The number of aldehydes is 1. The molecule has 128 valence electrons. The molecule has 5 nitrogen and oxygen atoms in total. The Hall–Kier alpha value is -2.73. The lowest BCUT2D eigenvalue weighted by atomic mass is 10.0. The first-order chi connectivity index (χ1) is 11.9. The van der Waals surface area contributed by atoms with Crippen LogP contribution in [0, 0.1) is 13.8 Å². The van der Waals surface area contributed by atoms with Crippen molar-refractivity contribution in [2.75, 3.05) is 0 Å². The van der Waals surface area contributed by atoms with E-state index in [0.29, 0.717) is 22.6 Å². The molecule has 0 radical (unpaired) electrons. The average Bonchev–Trinajstić information content (AvgIpc) is 2.93. The molecule has 1 heterocycles. The first kappa shape index (κ1) is 17.1. The number of hydrogen-bond donors (Lipinski definition) is 0. The van der Waals surface area contributed by atoms with Gasteiger partial charge in [-0.05, 0) is 25.5 Å². The lowest BCUT2D eigenvalue weighted by Gasteiger charge is -2.10. The smallest absolute Gasteiger partial charge is 0.186 e. The third-order valence-electron chi connectivity index (χ3n) is 4.15. The van der Waals surface area contributed by atoms with Crippen LogP contribution in [0.15, 0.2) is 57.9 Å². The summed E-state index contributed by atoms with van der Waals surface area (Å²) in [5.41, 5.74) is 3.29. The second-order valence-corrected chi connectivity index (χ2v) is 7.77. The van der Waals surface area contributed by atoms with E-state index >= 15 is 0 Å². The molecule has 0 N–H and O–H groups in total. The van der Waals surface area contributed by atoms with E-state index in [4.69, 9.17) is 4.52 Å². The minimum Gasteiger partial charge on any atom is -0.360 e. The zero-order chi connectivity index (χ0) is 18.0. The molecule has 25 heavy (non-hydrogen) atoms. The SMILES string of the molecule is Cc1noc(CS(=O)(=O)c2ccccc2-c2ccc(C=O)cc2)c1C. The lowest BCUT2D eigenvalue weighted by Crippen LogP contribution is -2.07. The Morgan fingerprint density at radius 3 is 2.32 bits per heavy atom. The van der Waals surface area contributed by atoms with Crippen molar-refractivity contribution in [2.45, 2.75) is 24.5 Å². The molecule has 3 aromatic rings. The van der Waals surface area contributed by atoms with Gasteiger partial charge in [-0.1, -0.05) is 47.6 Å². The fraction of sp³-hybridized carbons (Fsp3) is 0.158. The van der Waals surface area contributed by atoms with Crippen LogP contribution in [0.4, 0.5) is 0 Å². The first-order valence-electron chi connectivity index (χ1n) is 7.71. The number of nitrogens with zero attached hydrogens (tertiary/aromatic N) is 1. The molecule has 0 saturated carbocycles. The van der Waals surface area contributed by atoms with E-state index in [1.54, 1.807) is 62.4 Å². The Morgan fingerprint density at radius 1 is 1.04 bits per heavy atom. The summed E-state index contributed by atoms with van der Waals surface area (Å²) in [5, 5.41) is 3.82. The van der Waals surface area contributed by atoms with Crippen molar-refractivity contribution in [2.24, 2.45) is 0 Å². The molecule has 0 unspecified atom stereocenters. The fourth-order valence-electron chi connectivity index (χ4n) is 2.56. The van der Waals surface area contributed by atoms with Crippen LogP contribution >= 0.6 is 0 Å². The summed E-state index contributed by atoms with van der Waals surface area (Å²) in [4.78, 5) is 11.0. The summed E-state index contributed by atoms with van der Waals surface area (Å²) in [6.07, 6.45) is 0.751. The van der Waals surface area contributed by atoms with Crippen molar-refractivity contribution in [1.29, 1.82) is 0 Å². The molecular formula is C19H17NO4S. The van der Waals surface area contributed by atoms with Gasteiger partial charge in [0.15, 0.2) is 15.6 Å². The van der Waals surface area contributed by atoms with Crippen LogP contribution in [0.2, 0.25) is 0 Å². The van der Waals surface area contributed by atoms with Gasteiger partial charge in [-0.25, -0.2) is 8.42 Å². The molecule has 1 aromatic heterocycles. The maximum atomic E-state index is 12.9. The largest absolute Gasteiger partial charge is 0.360 e. The quantitative estimate of drug-likeness (QED) is 0.652. The maximum absolute atomic E-state index is 12.9. The molecule has 0 saturated heterocycles. The van der Waals surface area contributed by atoms with Crippen molar-refractivity contribution >= 4 is 16.1 Å². The Bertz CT molecular complexity index is 1020. The highest BCUT2D eigenvalue weighted by molar-refractivity contribution is 7.90. The van der Waals surface area contributed by atoms with Crippen molar-refractivity contribution in [3.8, 4) is 11.1 Å². The van der Waals surface area contributed by atoms with E-state index in [0.717, 1.165) is 17.4 Å². The predicted molar refractivity (Wildman–Crippen MR) is 94.1 cm³/mol. The van der Waals surface area contributed by atoms with Gasteiger partial charge in [0.05, 0.1) is 10.6 Å². The molecule has 0 aliphatic heterocycles. The second-order valence-electron chi connectivity index (χ2n) is 5.81. The van der Waals surface area contributed by atoms with E-state index in [-0.39, 0.29) is 10.6 Å². The Morgan fingerprint density at radius 2 is 1.72 bits per heavy atom. The van der Waals surface area contributed by atoms with Gasteiger partial charge >= 0.3 is 0 Å². The standard InChI is InChI=1S/C19H17NO4S/c1-13-14(2)20-24-18(13)12-25(22,23)19-6-4-3-5-17(19)16-9-7-15(11-21)8-10-16/h3-11H,12H2,1-2H3. The highest BCUT2D eigenvalue weighted by Crippen LogP contribution is 2.30. The van der Waals surface area contributed by atoms with Gasteiger partial charge < -0.3 is 4.52 Å². The van der Waals surface area contributed by atoms with Gasteiger partial charge in [-0.2, -0.15) is 0 Å². The summed E-state index contributed by atoms with van der Waals surface area (Å²) in [7, 11) is -3.62. The lowest BCUT2D eigenvalue weighted by molar-refractivity contribution is 0.112. The van der Waals surface area contributed by atoms with Crippen molar-refractivity contribution in [3.05, 3.63) is 71.1 Å². The summed E-state index contributed by atoms with van der Waals surface area (Å²) in [6, 6.07) is 13.6. The van der Waals surface area contributed by atoms with Gasteiger partial charge in [0.1, 0.15) is 12.0 Å². The molecule has 0 aliphatic carbocycles. The molecule has 0 fully saturated rings. The molecule has 0 bridgehead atoms. The number of aromatic nitrogens is 1. The van der Waals surface area contributed by atoms with Crippen molar-refractivity contribution in [1.82, 2.24) is 5.16 Å². The normalized spacial score (nSPS) is 11.4. The third-order valence-corrected chi connectivity index (χ3v) is 5.82. The first-order valence-corrected chi connectivity index (χ1v) is 9.37. The highest BCUT2D eigenvalue weighted by Gasteiger charge is 2.23. The number of carbonyl (C=O) groups is 1. The monoisotopic (exact) mass is 355 g/mol. The number of aryl methyl sites for hydroxylation is 1. The number of benzene rings is 2. The molecule has 0 amide bonds. The molecule has 0 aliphatic rings. The summed E-state index contributed by atoms with van der Waals surface area (Å²) in [5.74, 6) is 0.104. The predicted octanol–water partition coefficient (Wildman–Crippen LogP) is 3.74. The average molecular weight is 355 g/mol. The van der Waals surface area contributed by atoms with E-state index in [1.807, 2.05) is 0 Å². The number of hydrogen-bond acceptors (Lipinski definition) is 5. The number of sulfone groups is 1. The second kappa shape index (κ2) is 6.64. The van der Waals surface area contributed by atoms with Crippen LogP contribution in [-0.2, 0) is 15.6 Å². The highest BCUT2D eigenvalue weighted by atomic mass is 32.2. The van der Waals surface area contributed by atoms with Crippen molar-refractivity contribution < 1.29 is 17.7 Å². The van der Waals surface area contributed by atoms with Crippen LogP contribution < -0.4 is 0 Å². The van der Waals surface area contributed by atoms with E-state index in [1.165, 1.54) is 0 Å². The van der Waals surface area contributed by atoms with E-state index < -0.39 is 9.84 Å². The molecule has 3 rings (SSSR count). The zero-order valence-corrected chi connectivity index (χ0v) is 14.7. The van der Waals surface area contributed by atoms with Gasteiger partial charge in [-0.15, -0.1) is 0 Å². The molecular weight excluding hydrogens is 338 g/mol. The van der Waals surface area contributed by atoms with Gasteiger partial charge in [0.2, 0.25) is 0 Å². The Kier molecular flexibility index (Phi) is 4.55. The topological polar surface area (TPSA) is 77.2 Å².